The number of halogens is 1. The number of allylic oxidation sites excluding steroid dienone is 3. The fraction of sp³-hybridized carbons (Fsp3) is 0.0625. The fourth-order valence-electron chi connectivity index (χ4n) is 2.64. The minimum absolute atomic E-state index is 0.986. The van der Waals surface area contributed by atoms with Gasteiger partial charge in [0, 0.05) is 20.7 Å². The summed E-state index contributed by atoms with van der Waals surface area (Å²) < 4.78 is 1.11. The summed E-state index contributed by atoms with van der Waals surface area (Å²) in [7, 11) is 0. The first-order chi connectivity index (χ1) is 8.83. The third-order valence-corrected chi connectivity index (χ3v) is 3.98. The van der Waals surface area contributed by atoms with Crippen molar-refractivity contribution in [3.05, 3.63) is 69.3 Å². The first kappa shape index (κ1) is 10.3. The number of benzene rings is 2. The maximum atomic E-state index is 4.79. The molecule has 2 aromatic rings. The summed E-state index contributed by atoms with van der Waals surface area (Å²) in [5.41, 5.74) is 2.39. The Morgan fingerprint density at radius 1 is 1.11 bits per heavy atom. The number of hydrogen-bond acceptors (Lipinski definition) is 1. The zero-order valence-corrected chi connectivity index (χ0v) is 11.2. The van der Waals surface area contributed by atoms with Crippen LogP contribution in [0.1, 0.15) is 6.42 Å². The predicted molar refractivity (Wildman–Crippen MR) is 77.7 cm³/mol. The number of rotatable bonds is 0. The van der Waals surface area contributed by atoms with Crippen molar-refractivity contribution in [3.8, 4) is 0 Å². The molecule has 0 atom stereocenters. The van der Waals surface area contributed by atoms with Gasteiger partial charge in [0.2, 0.25) is 0 Å². The van der Waals surface area contributed by atoms with E-state index in [1.54, 1.807) is 0 Å². The third-order valence-electron chi connectivity index (χ3n) is 3.48. The third kappa shape index (κ3) is 1.36. The van der Waals surface area contributed by atoms with Crippen LogP contribution >= 0.6 is 15.9 Å². The molecular formula is C16H10BrN. The lowest BCUT2D eigenvalue weighted by Gasteiger charge is -2.01. The van der Waals surface area contributed by atoms with Gasteiger partial charge in [-0.3, -0.25) is 0 Å². The summed E-state index contributed by atoms with van der Waals surface area (Å²) in [5.74, 6) is 0. The Balaban J connectivity index is 2.23. The van der Waals surface area contributed by atoms with Crippen LogP contribution in [-0.4, -0.2) is 0 Å². The maximum absolute atomic E-state index is 4.79. The average Bonchev–Trinajstić information content (AvgIpc) is 2.77. The van der Waals surface area contributed by atoms with E-state index >= 15 is 0 Å². The van der Waals surface area contributed by atoms with Crippen LogP contribution in [0.25, 0.3) is 16.3 Å². The molecule has 0 spiro atoms. The van der Waals surface area contributed by atoms with Crippen LogP contribution in [0, 0.1) is 0 Å². The Morgan fingerprint density at radius 2 is 2.06 bits per heavy atom. The Bertz CT molecular complexity index is 857. The molecule has 0 bridgehead atoms. The Labute approximate surface area is 113 Å². The molecule has 1 heterocycles. The average molecular weight is 296 g/mol. The zero-order chi connectivity index (χ0) is 12.1. The largest absolute Gasteiger partial charge is 0.247 e. The van der Waals surface area contributed by atoms with Gasteiger partial charge in [-0.05, 0) is 23.9 Å². The smallest absolute Gasteiger partial charge is 0.0794 e. The van der Waals surface area contributed by atoms with Gasteiger partial charge in [-0.2, -0.15) is 0 Å². The van der Waals surface area contributed by atoms with Gasteiger partial charge in [0.05, 0.1) is 11.1 Å². The highest BCUT2D eigenvalue weighted by atomic mass is 79.9. The van der Waals surface area contributed by atoms with Crippen LogP contribution in [0.3, 0.4) is 0 Å². The number of hydrogen-bond donors (Lipinski definition) is 0. The highest BCUT2D eigenvalue weighted by Gasteiger charge is 2.13. The summed E-state index contributed by atoms with van der Waals surface area (Å²) in [6.07, 6.45) is 7.56. The van der Waals surface area contributed by atoms with Gasteiger partial charge in [-0.25, -0.2) is 4.99 Å². The Hall–Kier alpha value is -1.67. The SMILES string of the molecule is Brc1ccc2c3c(ccc2c1)=C1C=CCC=C1N=3. The molecular weight excluding hydrogens is 286 g/mol. The molecule has 0 saturated heterocycles. The van der Waals surface area contributed by atoms with E-state index in [1.807, 2.05) is 0 Å². The van der Waals surface area contributed by atoms with Crippen LogP contribution in [0.2, 0.25) is 0 Å². The molecule has 2 heteroatoms. The van der Waals surface area contributed by atoms with E-state index in [1.165, 1.54) is 21.6 Å². The highest BCUT2D eigenvalue weighted by molar-refractivity contribution is 9.10. The highest BCUT2D eigenvalue weighted by Crippen LogP contribution is 2.23. The van der Waals surface area contributed by atoms with Gasteiger partial charge < -0.3 is 0 Å². The fourth-order valence-corrected chi connectivity index (χ4v) is 3.02. The summed E-state index contributed by atoms with van der Waals surface area (Å²) in [5, 5.41) is 4.84. The van der Waals surface area contributed by atoms with Crippen molar-refractivity contribution in [1.29, 1.82) is 0 Å². The molecule has 86 valence electrons. The van der Waals surface area contributed by atoms with Crippen molar-refractivity contribution in [1.82, 2.24) is 0 Å². The number of fused-ring (bicyclic) bond motifs is 4. The molecule has 1 nitrogen and oxygen atoms in total. The molecule has 0 saturated carbocycles. The normalized spacial score (nSPS) is 16.3. The summed E-state index contributed by atoms with van der Waals surface area (Å²) in [4.78, 5) is 4.79. The van der Waals surface area contributed by atoms with E-state index in [0.29, 0.717) is 0 Å². The summed E-state index contributed by atoms with van der Waals surface area (Å²) in [6.45, 7) is 0. The molecule has 2 aromatic carbocycles. The van der Waals surface area contributed by atoms with Gasteiger partial charge in [0.15, 0.2) is 0 Å². The molecule has 0 N–H and O–H groups in total. The Morgan fingerprint density at radius 3 is 3.00 bits per heavy atom. The second-order valence-electron chi connectivity index (χ2n) is 4.58. The molecule has 0 unspecified atom stereocenters. The van der Waals surface area contributed by atoms with Gasteiger partial charge in [0.25, 0.3) is 0 Å². The second-order valence-corrected chi connectivity index (χ2v) is 5.50. The standard InChI is InChI=1S/C16H10BrN/c17-11-6-8-12-10(9-11)5-7-14-13-3-1-2-4-15(13)18-16(12)14/h1,3-9H,2H2. The first-order valence-electron chi connectivity index (χ1n) is 6.01. The van der Waals surface area contributed by atoms with Crippen molar-refractivity contribution in [2.45, 2.75) is 6.42 Å². The van der Waals surface area contributed by atoms with E-state index < -0.39 is 0 Å². The van der Waals surface area contributed by atoms with Crippen molar-refractivity contribution >= 4 is 32.3 Å². The molecule has 0 aromatic heterocycles. The van der Waals surface area contributed by atoms with E-state index in [9.17, 15) is 0 Å². The van der Waals surface area contributed by atoms with Crippen LogP contribution in [-0.2, 0) is 0 Å². The van der Waals surface area contributed by atoms with Crippen molar-refractivity contribution < 1.29 is 0 Å². The van der Waals surface area contributed by atoms with Crippen LogP contribution < -0.4 is 10.6 Å². The van der Waals surface area contributed by atoms with E-state index in [0.717, 1.165) is 21.9 Å². The lowest BCUT2D eigenvalue weighted by Crippen LogP contribution is -2.23. The topological polar surface area (TPSA) is 12.4 Å². The molecule has 4 rings (SSSR count). The van der Waals surface area contributed by atoms with E-state index in [4.69, 9.17) is 4.99 Å². The summed E-state index contributed by atoms with van der Waals surface area (Å²) in [6, 6.07) is 10.7. The van der Waals surface area contributed by atoms with E-state index in [-0.39, 0.29) is 0 Å². The van der Waals surface area contributed by atoms with E-state index in [2.05, 4.69) is 64.5 Å². The lowest BCUT2D eigenvalue weighted by molar-refractivity contribution is 1.26. The molecule has 0 fully saturated rings. The quantitative estimate of drug-likeness (QED) is 0.708. The first-order valence-corrected chi connectivity index (χ1v) is 6.81. The maximum Gasteiger partial charge on any atom is 0.0794 e. The van der Waals surface area contributed by atoms with Gasteiger partial charge in [-0.1, -0.05) is 52.4 Å². The van der Waals surface area contributed by atoms with Gasteiger partial charge >= 0.3 is 0 Å². The van der Waals surface area contributed by atoms with Crippen LogP contribution in [0.4, 0.5) is 0 Å². The minimum Gasteiger partial charge on any atom is -0.247 e. The van der Waals surface area contributed by atoms with Gasteiger partial charge in [0.1, 0.15) is 0 Å². The monoisotopic (exact) mass is 295 g/mol. The lowest BCUT2D eigenvalue weighted by atomic mass is 10.0. The zero-order valence-electron chi connectivity index (χ0n) is 9.65. The minimum atomic E-state index is 0.986. The number of nitrogens with zero attached hydrogens (tertiary/aromatic N) is 1. The van der Waals surface area contributed by atoms with Crippen molar-refractivity contribution in [2.75, 3.05) is 0 Å². The molecule has 0 amide bonds. The van der Waals surface area contributed by atoms with Crippen molar-refractivity contribution in [3.63, 3.8) is 0 Å². The summed E-state index contributed by atoms with van der Waals surface area (Å²) >= 11 is 3.52. The Kier molecular flexibility index (Phi) is 2.09. The molecule has 1 aliphatic carbocycles. The van der Waals surface area contributed by atoms with Crippen molar-refractivity contribution in [2.24, 2.45) is 4.99 Å². The predicted octanol–water partition coefficient (Wildman–Crippen LogP) is 3.23. The molecule has 2 aliphatic rings. The van der Waals surface area contributed by atoms with Crippen LogP contribution in [0.5, 0.6) is 0 Å². The molecule has 1 aliphatic heterocycles. The molecule has 0 radical (unpaired) electrons. The second kappa shape index (κ2) is 3.66. The molecule has 18 heavy (non-hydrogen) atoms. The van der Waals surface area contributed by atoms with Crippen LogP contribution in [0.15, 0.2) is 63.7 Å². The van der Waals surface area contributed by atoms with Gasteiger partial charge in [-0.15, -0.1) is 0 Å².